The molecule has 102 valence electrons. The number of benzene rings is 1. The van der Waals surface area contributed by atoms with Crippen LogP contribution >= 0.6 is 0 Å². The van der Waals surface area contributed by atoms with Gasteiger partial charge in [0.15, 0.2) is 0 Å². The number of anilines is 1. The van der Waals surface area contributed by atoms with E-state index in [9.17, 15) is 14.5 Å². The molecule has 1 aromatic rings. The molecule has 0 spiro atoms. The van der Waals surface area contributed by atoms with Gasteiger partial charge in [-0.2, -0.15) is 5.26 Å². The fourth-order valence-electron chi connectivity index (χ4n) is 1.61. The maximum Gasteiger partial charge on any atom is 0.274 e. The molecule has 0 aliphatic rings. The van der Waals surface area contributed by atoms with Crippen LogP contribution in [0.15, 0.2) is 18.2 Å². The second-order valence-electron chi connectivity index (χ2n) is 5.13. The van der Waals surface area contributed by atoms with E-state index in [1.165, 1.54) is 12.1 Å². The van der Waals surface area contributed by atoms with Gasteiger partial charge in [-0.15, -0.1) is 0 Å². The molecule has 0 amide bonds. The highest BCUT2D eigenvalue weighted by Crippen LogP contribution is 2.25. The molecule has 0 aliphatic carbocycles. The molecule has 5 nitrogen and oxygen atoms in total. The highest BCUT2D eigenvalue weighted by Gasteiger charge is 2.18. The topological polar surface area (TPSA) is 79.0 Å². The normalized spacial score (nSPS) is 10.8. The second-order valence-corrected chi connectivity index (χ2v) is 5.13. The van der Waals surface area contributed by atoms with Crippen LogP contribution in [0.1, 0.15) is 26.7 Å². The Kier molecular flexibility index (Phi) is 4.81. The summed E-state index contributed by atoms with van der Waals surface area (Å²) in [7, 11) is 0. The van der Waals surface area contributed by atoms with Crippen molar-refractivity contribution >= 4 is 11.4 Å². The van der Waals surface area contributed by atoms with Crippen LogP contribution in [0.3, 0.4) is 0 Å². The predicted octanol–water partition coefficient (Wildman–Crippen LogP) is 3.48. The first-order valence-corrected chi connectivity index (χ1v) is 5.90. The molecule has 0 unspecified atom stereocenters. The van der Waals surface area contributed by atoms with Crippen molar-refractivity contribution in [2.75, 3.05) is 11.9 Å². The SMILES string of the molecule is CC(C)(CCC#N)CNc1cc(F)cc([N+](=O)[O-])c1. The van der Waals surface area contributed by atoms with Gasteiger partial charge in [0.2, 0.25) is 0 Å². The monoisotopic (exact) mass is 265 g/mol. The predicted molar refractivity (Wildman–Crippen MR) is 70.2 cm³/mol. The average Bonchev–Trinajstić information content (AvgIpc) is 2.33. The largest absolute Gasteiger partial charge is 0.384 e. The molecule has 0 saturated heterocycles. The van der Waals surface area contributed by atoms with Crippen LogP contribution in [-0.4, -0.2) is 11.5 Å². The van der Waals surface area contributed by atoms with Gasteiger partial charge in [-0.1, -0.05) is 13.8 Å². The summed E-state index contributed by atoms with van der Waals surface area (Å²) in [6.45, 7) is 4.46. The van der Waals surface area contributed by atoms with E-state index in [1.54, 1.807) is 0 Å². The first-order valence-electron chi connectivity index (χ1n) is 5.90. The van der Waals surface area contributed by atoms with Crippen molar-refractivity contribution in [3.8, 4) is 6.07 Å². The van der Waals surface area contributed by atoms with Crippen molar-refractivity contribution in [2.24, 2.45) is 5.41 Å². The van der Waals surface area contributed by atoms with Crippen molar-refractivity contribution < 1.29 is 9.31 Å². The van der Waals surface area contributed by atoms with E-state index in [0.717, 1.165) is 6.07 Å². The summed E-state index contributed by atoms with van der Waals surface area (Å²) in [6.07, 6.45) is 1.14. The van der Waals surface area contributed by atoms with Gasteiger partial charge in [0.05, 0.1) is 17.1 Å². The van der Waals surface area contributed by atoms with Crippen molar-refractivity contribution in [1.82, 2.24) is 0 Å². The van der Waals surface area contributed by atoms with Crippen molar-refractivity contribution in [1.29, 1.82) is 5.26 Å². The summed E-state index contributed by atoms with van der Waals surface area (Å²) in [5, 5.41) is 22.2. The molecule has 1 aromatic carbocycles. The lowest BCUT2D eigenvalue weighted by Gasteiger charge is -2.24. The molecule has 0 atom stereocenters. The van der Waals surface area contributed by atoms with Gasteiger partial charge in [0.25, 0.3) is 5.69 Å². The Morgan fingerprint density at radius 1 is 1.47 bits per heavy atom. The first-order chi connectivity index (χ1) is 8.84. The van der Waals surface area contributed by atoms with E-state index >= 15 is 0 Å². The molecule has 19 heavy (non-hydrogen) atoms. The Bertz CT molecular complexity index is 509. The zero-order valence-electron chi connectivity index (χ0n) is 10.9. The minimum atomic E-state index is -0.647. The first kappa shape index (κ1) is 14.9. The standard InChI is InChI=1S/C13H16FN3O2/c1-13(2,4-3-5-15)9-16-11-6-10(14)7-12(8-11)17(18)19/h6-8,16H,3-4,9H2,1-2H3. The van der Waals surface area contributed by atoms with Crippen LogP contribution in [0.2, 0.25) is 0 Å². The van der Waals surface area contributed by atoms with Crippen LogP contribution in [0.5, 0.6) is 0 Å². The average molecular weight is 265 g/mol. The van der Waals surface area contributed by atoms with Gasteiger partial charge in [0.1, 0.15) is 5.82 Å². The molecule has 0 aromatic heterocycles. The number of nitrogens with zero attached hydrogens (tertiary/aromatic N) is 2. The van der Waals surface area contributed by atoms with Crippen LogP contribution in [-0.2, 0) is 0 Å². The summed E-state index contributed by atoms with van der Waals surface area (Å²) in [5.74, 6) is -0.647. The van der Waals surface area contributed by atoms with E-state index in [2.05, 4.69) is 11.4 Å². The molecule has 0 radical (unpaired) electrons. The van der Waals surface area contributed by atoms with Gasteiger partial charge in [0, 0.05) is 24.7 Å². The second kappa shape index (κ2) is 6.14. The Labute approximate surface area is 111 Å². The minimum Gasteiger partial charge on any atom is -0.384 e. The number of nitro benzene ring substituents is 1. The highest BCUT2D eigenvalue weighted by molar-refractivity contribution is 5.51. The summed E-state index contributed by atoms with van der Waals surface area (Å²) < 4.78 is 13.2. The van der Waals surface area contributed by atoms with Crippen molar-refractivity contribution in [3.05, 3.63) is 34.1 Å². The fraction of sp³-hybridized carbons (Fsp3) is 0.462. The third-order valence-corrected chi connectivity index (χ3v) is 2.78. The third-order valence-electron chi connectivity index (χ3n) is 2.78. The molecule has 0 fully saturated rings. The Morgan fingerprint density at radius 3 is 2.74 bits per heavy atom. The number of non-ortho nitro benzene ring substituents is 1. The molecule has 0 aliphatic heterocycles. The zero-order valence-corrected chi connectivity index (χ0v) is 10.9. The van der Waals surface area contributed by atoms with E-state index in [-0.39, 0.29) is 11.1 Å². The fourth-order valence-corrected chi connectivity index (χ4v) is 1.61. The van der Waals surface area contributed by atoms with E-state index < -0.39 is 10.7 Å². The summed E-state index contributed by atoms with van der Waals surface area (Å²) in [4.78, 5) is 9.99. The number of nitrogens with one attached hydrogen (secondary N) is 1. The molecular formula is C13H16FN3O2. The van der Waals surface area contributed by atoms with E-state index in [1.807, 2.05) is 13.8 Å². The molecule has 0 bridgehead atoms. The summed E-state index contributed by atoms with van der Waals surface area (Å²) >= 11 is 0. The van der Waals surface area contributed by atoms with Crippen LogP contribution in [0.25, 0.3) is 0 Å². The van der Waals surface area contributed by atoms with E-state index in [0.29, 0.717) is 25.1 Å². The van der Waals surface area contributed by atoms with Gasteiger partial charge in [-0.25, -0.2) is 4.39 Å². The van der Waals surface area contributed by atoms with Gasteiger partial charge < -0.3 is 5.32 Å². The number of hydrogen-bond acceptors (Lipinski definition) is 4. The lowest BCUT2D eigenvalue weighted by molar-refractivity contribution is -0.385. The van der Waals surface area contributed by atoms with Crippen LogP contribution in [0.4, 0.5) is 15.8 Å². The van der Waals surface area contributed by atoms with E-state index in [4.69, 9.17) is 5.26 Å². The molecule has 1 N–H and O–H groups in total. The minimum absolute atomic E-state index is 0.142. The van der Waals surface area contributed by atoms with Crippen LogP contribution < -0.4 is 5.32 Å². The lowest BCUT2D eigenvalue weighted by atomic mass is 9.88. The van der Waals surface area contributed by atoms with Crippen molar-refractivity contribution in [2.45, 2.75) is 26.7 Å². The van der Waals surface area contributed by atoms with Gasteiger partial charge >= 0.3 is 0 Å². The van der Waals surface area contributed by atoms with Gasteiger partial charge in [-0.3, -0.25) is 10.1 Å². The van der Waals surface area contributed by atoms with Crippen LogP contribution in [0, 0.1) is 32.7 Å². The number of hydrogen-bond donors (Lipinski definition) is 1. The zero-order chi connectivity index (χ0) is 14.5. The number of rotatable bonds is 6. The number of nitriles is 1. The molecule has 6 heteroatoms. The maximum absolute atomic E-state index is 13.2. The Hall–Kier alpha value is -2.16. The molecule has 0 saturated carbocycles. The Morgan fingerprint density at radius 2 is 2.16 bits per heavy atom. The summed E-state index contributed by atoms with van der Waals surface area (Å²) in [5.41, 5.74) is -0.0503. The Balaban J connectivity index is 2.73. The maximum atomic E-state index is 13.2. The highest BCUT2D eigenvalue weighted by atomic mass is 19.1. The number of nitro groups is 1. The summed E-state index contributed by atoms with van der Waals surface area (Å²) in [6, 6.07) is 5.47. The van der Waals surface area contributed by atoms with Gasteiger partial charge in [-0.05, 0) is 17.9 Å². The quantitative estimate of drug-likeness (QED) is 0.630. The third kappa shape index (κ3) is 4.92. The molecular weight excluding hydrogens is 249 g/mol. The molecule has 1 rings (SSSR count). The van der Waals surface area contributed by atoms with Crippen molar-refractivity contribution in [3.63, 3.8) is 0 Å². The molecule has 0 heterocycles. The smallest absolute Gasteiger partial charge is 0.274 e. The lowest BCUT2D eigenvalue weighted by Crippen LogP contribution is -2.23. The number of halogens is 1.